The highest BCUT2D eigenvalue weighted by atomic mass is 16.5. The topological polar surface area (TPSA) is 90.9 Å². The number of rotatable bonds is 7. The molecule has 194 valence electrons. The molecule has 0 saturated carbocycles. The lowest BCUT2D eigenvalue weighted by molar-refractivity contribution is -0.144. The van der Waals surface area contributed by atoms with Crippen molar-refractivity contribution in [3.63, 3.8) is 0 Å². The number of ketones is 1. The first-order valence-corrected chi connectivity index (χ1v) is 12.6. The van der Waals surface area contributed by atoms with E-state index < -0.39 is 17.9 Å². The van der Waals surface area contributed by atoms with Crippen molar-refractivity contribution in [1.82, 2.24) is 5.32 Å². The summed E-state index contributed by atoms with van der Waals surface area (Å²) in [6.45, 7) is 6.99. The summed E-state index contributed by atoms with van der Waals surface area (Å²) in [5.74, 6) is -0.266. The summed E-state index contributed by atoms with van der Waals surface area (Å²) in [6, 6.07) is 14.7. The van der Waals surface area contributed by atoms with Crippen LogP contribution in [-0.4, -0.2) is 30.9 Å². The second-order valence-electron chi connectivity index (χ2n) is 9.58. The Labute approximate surface area is 217 Å². The molecule has 37 heavy (non-hydrogen) atoms. The molecule has 1 N–H and O–H groups in total. The quantitative estimate of drug-likeness (QED) is 0.404. The number of methoxy groups -OCH3 is 1. The fourth-order valence-electron chi connectivity index (χ4n) is 4.98. The molecule has 7 heteroatoms. The highest BCUT2D eigenvalue weighted by Gasteiger charge is 2.41. The van der Waals surface area contributed by atoms with Crippen molar-refractivity contribution < 1.29 is 28.6 Å². The Balaban J connectivity index is 1.74. The zero-order chi connectivity index (χ0) is 26.7. The van der Waals surface area contributed by atoms with Crippen LogP contribution >= 0.6 is 0 Å². The van der Waals surface area contributed by atoms with Crippen molar-refractivity contribution in [1.29, 1.82) is 0 Å². The number of nitrogens with one attached hydrogen (secondary N) is 1. The molecule has 2 aliphatic rings. The number of allylic oxidation sites excluding steroid dienone is 3. The molecule has 1 heterocycles. The molecule has 0 unspecified atom stereocenters. The predicted molar refractivity (Wildman–Crippen MR) is 139 cm³/mol. The Morgan fingerprint density at radius 3 is 2.22 bits per heavy atom. The normalized spacial score (nSPS) is 20.1. The van der Waals surface area contributed by atoms with Crippen LogP contribution in [0, 0.1) is 0 Å². The van der Waals surface area contributed by atoms with Crippen molar-refractivity contribution in [2.75, 3.05) is 7.11 Å². The maximum absolute atomic E-state index is 13.7. The van der Waals surface area contributed by atoms with E-state index in [4.69, 9.17) is 14.2 Å². The number of carbonyl (C=O) groups excluding carboxylic acids is 3. The van der Waals surface area contributed by atoms with Gasteiger partial charge in [0, 0.05) is 36.2 Å². The zero-order valence-electron chi connectivity index (χ0n) is 21.9. The molecule has 2 aromatic carbocycles. The van der Waals surface area contributed by atoms with Gasteiger partial charge in [-0.3, -0.25) is 9.59 Å². The van der Waals surface area contributed by atoms with E-state index in [-0.39, 0.29) is 17.8 Å². The minimum absolute atomic E-state index is 0.00929. The van der Waals surface area contributed by atoms with Gasteiger partial charge < -0.3 is 19.5 Å². The number of hydrogen-bond acceptors (Lipinski definition) is 7. The van der Waals surface area contributed by atoms with Crippen LogP contribution in [0.3, 0.4) is 0 Å². The van der Waals surface area contributed by atoms with Gasteiger partial charge in [-0.05, 0) is 68.0 Å². The molecule has 0 saturated heterocycles. The Kier molecular flexibility index (Phi) is 7.81. The Bertz CT molecular complexity index is 1260. The van der Waals surface area contributed by atoms with Gasteiger partial charge in [0.05, 0.1) is 18.8 Å². The van der Waals surface area contributed by atoms with Gasteiger partial charge in [-0.25, -0.2) is 4.79 Å². The number of ether oxygens (including phenoxy) is 3. The van der Waals surface area contributed by atoms with Crippen LogP contribution in [0.4, 0.5) is 0 Å². The number of hydrogen-bond donors (Lipinski definition) is 1. The summed E-state index contributed by atoms with van der Waals surface area (Å²) in [7, 11) is 1.63. The Hall–Kier alpha value is -3.87. The monoisotopic (exact) mass is 503 g/mol. The fourth-order valence-corrected chi connectivity index (χ4v) is 4.98. The summed E-state index contributed by atoms with van der Waals surface area (Å²) in [6.07, 6.45) is 1.41. The highest BCUT2D eigenvalue weighted by Crippen LogP contribution is 2.46. The molecule has 7 nitrogen and oxygen atoms in total. The SMILES string of the molecule is CC[C@@H](C)OC(=O)C1=C(C)NC2=C(C(=O)C[C@H](c3ccc(OC)cc3)C2)[C@@H]1c1ccc(OC(C)=O)cc1. The second-order valence-corrected chi connectivity index (χ2v) is 9.58. The first-order chi connectivity index (χ1) is 17.7. The summed E-state index contributed by atoms with van der Waals surface area (Å²) >= 11 is 0. The van der Waals surface area contributed by atoms with Gasteiger partial charge >= 0.3 is 11.9 Å². The van der Waals surface area contributed by atoms with Crippen molar-refractivity contribution in [3.05, 3.63) is 82.2 Å². The fraction of sp³-hybridized carbons (Fsp3) is 0.367. The van der Waals surface area contributed by atoms with Crippen LogP contribution in [-0.2, 0) is 19.1 Å². The van der Waals surface area contributed by atoms with Gasteiger partial charge in [0.1, 0.15) is 11.5 Å². The Morgan fingerprint density at radius 2 is 1.62 bits per heavy atom. The summed E-state index contributed by atoms with van der Waals surface area (Å²) in [5, 5.41) is 3.37. The third-order valence-electron chi connectivity index (χ3n) is 6.99. The molecule has 0 spiro atoms. The number of Topliss-reactive ketones (excluding diaryl/α,β-unsaturated/α-hetero) is 1. The molecule has 0 aromatic heterocycles. The molecule has 1 aliphatic carbocycles. The maximum Gasteiger partial charge on any atom is 0.337 e. The number of benzene rings is 2. The number of carbonyl (C=O) groups is 3. The van der Waals surface area contributed by atoms with Crippen molar-refractivity contribution in [2.24, 2.45) is 0 Å². The third-order valence-corrected chi connectivity index (χ3v) is 6.99. The highest BCUT2D eigenvalue weighted by molar-refractivity contribution is 6.04. The lowest BCUT2D eigenvalue weighted by Gasteiger charge is -2.37. The molecule has 2 aromatic rings. The number of esters is 2. The first kappa shape index (κ1) is 26.2. The molecular formula is C30H33NO6. The van der Waals surface area contributed by atoms with E-state index in [1.54, 1.807) is 31.4 Å². The summed E-state index contributed by atoms with van der Waals surface area (Å²) in [4.78, 5) is 38.5. The lowest BCUT2D eigenvalue weighted by Crippen LogP contribution is -2.36. The summed E-state index contributed by atoms with van der Waals surface area (Å²) in [5.41, 5.74) is 4.33. The molecule has 3 atom stereocenters. The van der Waals surface area contributed by atoms with E-state index in [0.717, 1.165) is 22.6 Å². The Morgan fingerprint density at radius 1 is 1.00 bits per heavy atom. The van der Waals surface area contributed by atoms with Gasteiger partial charge in [0.25, 0.3) is 0 Å². The van der Waals surface area contributed by atoms with E-state index in [2.05, 4.69) is 5.32 Å². The standard InChI is InChI=1S/C30H33NO6/c1-6-17(2)36-30(34)27-18(3)31-25-15-22(20-7-11-23(35-5)12-8-20)16-26(33)29(25)28(27)21-9-13-24(14-10-21)37-19(4)32/h7-14,17,22,28,31H,6,15-16H2,1-5H3/t17-,22-,28-/m1/s1. The minimum Gasteiger partial charge on any atom is -0.497 e. The van der Waals surface area contributed by atoms with Crippen molar-refractivity contribution >= 4 is 17.7 Å². The maximum atomic E-state index is 13.7. The molecule has 0 fully saturated rings. The number of dihydropyridines is 1. The summed E-state index contributed by atoms with van der Waals surface area (Å²) < 4.78 is 16.2. The van der Waals surface area contributed by atoms with Crippen molar-refractivity contribution in [2.45, 2.75) is 64.9 Å². The van der Waals surface area contributed by atoms with E-state index >= 15 is 0 Å². The molecular weight excluding hydrogens is 470 g/mol. The molecule has 0 bridgehead atoms. The van der Waals surface area contributed by atoms with Crippen LogP contribution in [0.5, 0.6) is 11.5 Å². The first-order valence-electron chi connectivity index (χ1n) is 12.6. The third kappa shape index (κ3) is 5.61. The van der Waals surface area contributed by atoms with Crippen molar-refractivity contribution in [3.8, 4) is 11.5 Å². The van der Waals surface area contributed by atoms with Crippen LogP contribution in [0.25, 0.3) is 0 Å². The average Bonchev–Trinajstić information content (AvgIpc) is 2.87. The van der Waals surface area contributed by atoms with Gasteiger partial charge in [-0.1, -0.05) is 31.2 Å². The molecule has 1 aliphatic heterocycles. The minimum atomic E-state index is -0.580. The zero-order valence-corrected chi connectivity index (χ0v) is 21.9. The average molecular weight is 504 g/mol. The van der Waals surface area contributed by atoms with E-state index in [1.807, 2.05) is 45.0 Å². The van der Waals surface area contributed by atoms with E-state index in [9.17, 15) is 14.4 Å². The van der Waals surface area contributed by atoms with Gasteiger partial charge in [-0.2, -0.15) is 0 Å². The van der Waals surface area contributed by atoms with Crippen LogP contribution in [0.1, 0.15) is 69.9 Å². The van der Waals surface area contributed by atoms with E-state index in [0.29, 0.717) is 41.9 Å². The van der Waals surface area contributed by atoms with Gasteiger partial charge in [0.15, 0.2) is 5.78 Å². The van der Waals surface area contributed by atoms with Crippen LogP contribution in [0.15, 0.2) is 71.1 Å². The van der Waals surface area contributed by atoms with E-state index in [1.165, 1.54) is 6.92 Å². The van der Waals surface area contributed by atoms with Gasteiger partial charge in [-0.15, -0.1) is 0 Å². The predicted octanol–water partition coefficient (Wildman–Crippen LogP) is 5.32. The second kappa shape index (κ2) is 11.0. The van der Waals surface area contributed by atoms with Crippen LogP contribution < -0.4 is 14.8 Å². The molecule has 4 rings (SSSR count). The van der Waals surface area contributed by atoms with Gasteiger partial charge in [0.2, 0.25) is 0 Å². The molecule has 0 amide bonds. The molecule has 0 radical (unpaired) electrons. The van der Waals surface area contributed by atoms with Crippen LogP contribution in [0.2, 0.25) is 0 Å². The largest absolute Gasteiger partial charge is 0.497 e. The smallest absolute Gasteiger partial charge is 0.337 e. The lowest BCUT2D eigenvalue weighted by atomic mass is 9.71.